The number of rotatable bonds is 3. The molecule has 2 aliphatic rings. The second-order valence-corrected chi connectivity index (χ2v) is 6.85. The minimum atomic E-state index is -0.274. The van der Waals surface area contributed by atoms with Crippen LogP contribution in [0, 0.1) is 0 Å². The first kappa shape index (κ1) is 18.2. The molecule has 0 bridgehead atoms. The molecule has 0 spiro atoms. The lowest BCUT2D eigenvalue weighted by Gasteiger charge is -2.43. The lowest BCUT2D eigenvalue weighted by Crippen LogP contribution is -2.54. The maximum atomic E-state index is 12.8. The van der Waals surface area contributed by atoms with Gasteiger partial charge in [0.1, 0.15) is 12.4 Å². The lowest BCUT2D eigenvalue weighted by molar-refractivity contribution is -0.132. The highest BCUT2D eigenvalue weighted by molar-refractivity contribution is 5.94. The Labute approximate surface area is 163 Å². The molecule has 2 aromatic rings. The van der Waals surface area contributed by atoms with E-state index in [-0.39, 0.29) is 42.5 Å². The topological polar surface area (TPSA) is 78.3 Å². The molecule has 1 N–H and O–H groups in total. The maximum absolute atomic E-state index is 12.8. The van der Waals surface area contributed by atoms with Gasteiger partial charge in [-0.3, -0.25) is 14.8 Å². The number of aliphatic hydroxyl groups excluding tert-OH is 1. The smallest absolute Gasteiger partial charge is 0.275 e. The Balaban J connectivity index is 1.86. The van der Waals surface area contributed by atoms with Gasteiger partial charge < -0.3 is 14.7 Å². The standard InChI is InChI=1S/C21H22N4O3/c1-24-13-17(25-20(21(24)27)18(26)14-28-12-11-23-25)19(15-7-3-2-4-8-15)16-9-5-6-10-22-16/h2-11,17,19,26H,12-14H2,1H3/b20-18+,23-11-/t17-,19-/m0/s1. The van der Waals surface area contributed by atoms with Crippen molar-refractivity contribution in [3.8, 4) is 0 Å². The number of fused-ring (bicyclic) bond motifs is 1. The third-order valence-corrected chi connectivity index (χ3v) is 5.01. The van der Waals surface area contributed by atoms with Gasteiger partial charge in [0, 0.05) is 19.8 Å². The van der Waals surface area contributed by atoms with Crippen LogP contribution >= 0.6 is 0 Å². The Bertz CT molecular complexity index is 859. The first-order valence-corrected chi connectivity index (χ1v) is 9.19. The molecule has 1 aromatic carbocycles. The monoisotopic (exact) mass is 378 g/mol. The van der Waals surface area contributed by atoms with Crippen LogP contribution in [0.2, 0.25) is 0 Å². The molecule has 144 valence electrons. The second kappa shape index (κ2) is 7.82. The number of piperazine rings is 1. The van der Waals surface area contributed by atoms with E-state index in [0.29, 0.717) is 6.54 Å². The fourth-order valence-electron chi connectivity index (χ4n) is 3.74. The van der Waals surface area contributed by atoms with Crippen molar-refractivity contribution >= 4 is 12.1 Å². The third-order valence-electron chi connectivity index (χ3n) is 5.01. The summed E-state index contributed by atoms with van der Waals surface area (Å²) in [6.45, 7) is 0.692. The Morgan fingerprint density at radius 2 is 1.96 bits per heavy atom. The normalized spacial score (nSPS) is 24.9. The van der Waals surface area contributed by atoms with E-state index in [1.807, 2.05) is 36.4 Å². The number of likely N-dealkylation sites (N-methyl/N-ethyl adjacent to an activating group) is 1. The van der Waals surface area contributed by atoms with Crippen molar-refractivity contribution < 1.29 is 14.6 Å². The van der Waals surface area contributed by atoms with Gasteiger partial charge in [-0.1, -0.05) is 36.4 Å². The van der Waals surface area contributed by atoms with Gasteiger partial charge in [-0.05, 0) is 17.7 Å². The van der Waals surface area contributed by atoms with Crippen LogP contribution in [0.5, 0.6) is 0 Å². The lowest BCUT2D eigenvalue weighted by atomic mass is 9.86. The van der Waals surface area contributed by atoms with Crippen LogP contribution in [0.3, 0.4) is 0 Å². The summed E-state index contributed by atoms with van der Waals surface area (Å²) in [5, 5.41) is 16.6. The minimum Gasteiger partial charge on any atom is -0.507 e. The fraction of sp³-hybridized carbons (Fsp3) is 0.286. The van der Waals surface area contributed by atoms with Crippen LogP contribution in [-0.2, 0) is 9.53 Å². The summed E-state index contributed by atoms with van der Waals surface area (Å²) in [5.41, 5.74) is 2.11. The molecular formula is C21H22N4O3. The number of aliphatic hydroxyl groups is 1. The van der Waals surface area contributed by atoms with E-state index in [0.717, 1.165) is 11.3 Å². The van der Waals surface area contributed by atoms with E-state index in [9.17, 15) is 9.90 Å². The average molecular weight is 378 g/mol. The molecule has 0 aliphatic carbocycles. The SMILES string of the molecule is CN1C[C@@H]([C@@H](c2ccccc2)c2ccccn2)N2/N=C\COC/C(O)=C\2C1=O. The summed E-state index contributed by atoms with van der Waals surface area (Å²) >= 11 is 0. The first-order chi connectivity index (χ1) is 13.7. The largest absolute Gasteiger partial charge is 0.507 e. The van der Waals surface area contributed by atoms with Crippen molar-refractivity contribution in [3.63, 3.8) is 0 Å². The Hall–Kier alpha value is -3.19. The van der Waals surface area contributed by atoms with E-state index in [2.05, 4.69) is 22.2 Å². The van der Waals surface area contributed by atoms with E-state index in [4.69, 9.17) is 4.74 Å². The minimum absolute atomic E-state index is 0.0241. The molecule has 1 fully saturated rings. The van der Waals surface area contributed by atoms with Gasteiger partial charge in [-0.15, -0.1) is 0 Å². The Morgan fingerprint density at radius 1 is 1.18 bits per heavy atom. The summed E-state index contributed by atoms with van der Waals surface area (Å²) in [5.74, 6) is -0.520. The Kier molecular flexibility index (Phi) is 5.08. The number of hydrogen-bond donors (Lipinski definition) is 1. The summed E-state index contributed by atoms with van der Waals surface area (Å²) in [4.78, 5) is 19.0. The third kappa shape index (κ3) is 3.36. The molecule has 2 atom stereocenters. The van der Waals surface area contributed by atoms with Crippen LogP contribution in [0.25, 0.3) is 0 Å². The number of aromatic nitrogens is 1. The second-order valence-electron chi connectivity index (χ2n) is 6.85. The molecule has 4 rings (SSSR count). The van der Waals surface area contributed by atoms with Crippen LogP contribution in [-0.4, -0.2) is 65.0 Å². The number of carbonyl (C=O) groups excluding carboxylic acids is 1. The zero-order chi connectivity index (χ0) is 19.5. The predicted molar refractivity (Wildman–Crippen MR) is 105 cm³/mol. The quantitative estimate of drug-likeness (QED) is 0.885. The number of carbonyl (C=O) groups is 1. The van der Waals surface area contributed by atoms with Crippen molar-refractivity contribution in [1.29, 1.82) is 0 Å². The van der Waals surface area contributed by atoms with Gasteiger partial charge in [0.15, 0.2) is 5.70 Å². The number of ether oxygens (including phenoxy) is 1. The molecule has 3 heterocycles. The van der Waals surface area contributed by atoms with Crippen LogP contribution in [0.1, 0.15) is 17.2 Å². The number of hydrazone groups is 1. The van der Waals surface area contributed by atoms with Crippen molar-refractivity contribution in [2.24, 2.45) is 5.10 Å². The molecule has 28 heavy (non-hydrogen) atoms. The molecule has 0 saturated carbocycles. The summed E-state index contributed by atoms with van der Waals surface area (Å²) < 4.78 is 5.32. The van der Waals surface area contributed by atoms with E-state index < -0.39 is 0 Å². The molecule has 0 unspecified atom stereocenters. The van der Waals surface area contributed by atoms with Crippen LogP contribution < -0.4 is 0 Å². The van der Waals surface area contributed by atoms with E-state index in [1.165, 1.54) is 0 Å². The van der Waals surface area contributed by atoms with Crippen LogP contribution in [0.4, 0.5) is 0 Å². The van der Waals surface area contributed by atoms with Gasteiger partial charge in [0.25, 0.3) is 5.91 Å². The number of pyridine rings is 1. The molecular weight excluding hydrogens is 356 g/mol. The predicted octanol–water partition coefficient (Wildman–Crippen LogP) is 2.14. The average Bonchev–Trinajstić information content (AvgIpc) is 2.71. The zero-order valence-electron chi connectivity index (χ0n) is 15.6. The molecule has 1 saturated heterocycles. The van der Waals surface area contributed by atoms with Gasteiger partial charge in [0.05, 0.1) is 30.5 Å². The summed E-state index contributed by atoms with van der Waals surface area (Å²) in [6.07, 6.45) is 3.39. The number of hydrogen-bond acceptors (Lipinski definition) is 6. The number of benzene rings is 1. The van der Waals surface area contributed by atoms with Gasteiger partial charge in [-0.2, -0.15) is 5.10 Å². The summed E-state index contributed by atoms with van der Waals surface area (Å²) in [7, 11) is 1.73. The van der Waals surface area contributed by atoms with Crippen molar-refractivity contribution in [3.05, 3.63) is 77.4 Å². The number of nitrogens with zero attached hydrogens (tertiary/aromatic N) is 4. The molecule has 1 amide bonds. The summed E-state index contributed by atoms with van der Waals surface area (Å²) in [6, 6.07) is 15.6. The van der Waals surface area contributed by atoms with Crippen molar-refractivity contribution in [2.45, 2.75) is 12.0 Å². The van der Waals surface area contributed by atoms with Gasteiger partial charge in [-0.25, -0.2) is 0 Å². The highest BCUT2D eigenvalue weighted by atomic mass is 16.5. The van der Waals surface area contributed by atoms with E-state index >= 15 is 0 Å². The molecule has 7 heteroatoms. The van der Waals surface area contributed by atoms with E-state index in [1.54, 1.807) is 29.4 Å². The van der Waals surface area contributed by atoms with Crippen molar-refractivity contribution in [2.75, 3.05) is 26.8 Å². The first-order valence-electron chi connectivity index (χ1n) is 9.19. The van der Waals surface area contributed by atoms with Crippen molar-refractivity contribution in [1.82, 2.24) is 14.9 Å². The molecule has 7 nitrogen and oxygen atoms in total. The fourth-order valence-corrected chi connectivity index (χ4v) is 3.74. The van der Waals surface area contributed by atoms with Crippen LogP contribution in [0.15, 0.2) is 71.3 Å². The van der Waals surface area contributed by atoms with Gasteiger partial charge >= 0.3 is 0 Å². The highest BCUT2D eigenvalue weighted by Crippen LogP contribution is 2.35. The molecule has 1 aromatic heterocycles. The molecule has 2 aliphatic heterocycles. The number of amides is 1. The maximum Gasteiger partial charge on any atom is 0.275 e. The van der Waals surface area contributed by atoms with Gasteiger partial charge in [0.2, 0.25) is 0 Å². The molecule has 0 radical (unpaired) electrons. The highest BCUT2D eigenvalue weighted by Gasteiger charge is 2.42. The zero-order valence-corrected chi connectivity index (χ0v) is 15.6. The Morgan fingerprint density at radius 3 is 2.71 bits per heavy atom.